The van der Waals surface area contributed by atoms with Crippen molar-refractivity contribution >= 4 is 17.7 Å². The van der Waals surface area contributed by atoms with Crippen molar-refractivity contribution in [2.45, 2.75) is 19.1 Å². The minimum Gasteiger partial charge on any atom is -0.495 e. The predicted molar refractivity (Wildman–Crippen MR) is 128 cm³/mol. The van der Waals surface area contributed by atoms with Gasteiger partial charge in [0.2, 0.25) is 0 Å². The maximum absolute atomic E-state index is 12.4. The Hall–Kier alpha value is -3.18. The van der Waals surface area contributed by atoms with E-state index in [1.54, 1.807) is 25.2 Å². The normalized spacial score (nSPS) is 11.7. The molecule has 10 heteroatoms. The summed E-state index contributed by atoms with van der Waals surface area (Å²) < 4.78 is 15.4. The van der Waals surface area contributed by atoms with Gasteiger partial charge in [0.25, 0.3) is 0 Å². The number of hydrogen-bond donors (Lipinski definition) is 3. The lowest BCUT2D eigenvalue weighted by molar-refractivity contribution is -0.145. The number of nitrogens with zero attached hydrogens (tertiary/aromatic N) is 1. The number of anilines is 1. The van der Waals surface area contributed by atoms with Crippen LogP contribution in [-0.2, 0) is 32.1 Å². The highest BCUT2D eigenvalue weighted by Crippen LogP contribution is 2.32. The zero-order valence-electron chi connectivity index (χ0n) is 20.2. The Morgan fingerprint density at radius 1 is 1.03 bits per heavy atom. The van der Waals surface area contributed by atoms with Gasteiger partial charge < -0.3 is 29.1 Å². The fourth-order valence-corrected chi connectivity index (χ4v) is 3.18. The van der Waals surface area contributed by atoms with Crippen molar-refractivity contribution in [2.75, 3.05) is 53.9 Å². The number of aliphatic hydroxyl groups excluding tert-OH is 1. The van der Waals surface area contributed by atoms with Gasteiger partial charge in [-0.05, 0) is 54.5 Å². The number of methoxy groups -OCH3 is 2. The minimum atomic E-state index is -0.601. The Balaban J connectivity index is 2.13. The van der Waals surface area contributed by atoms with Crippen LogP contribution in [0.4, 0.5) is 10.5 Å². The number of carbonyl (C=O) groups excluding carboxylic acids is 2. The molecule has 186 valence electrons. The van der Waals surface area contributed by atoms with Crippen LogP contribution in [0.3, 0.4) is 0 Å². The molecule has 34 heavy (non-hydrogen) atoms. The summed E-state index contributed by atoms with van der Waals surface area (Å²) in [7, 11) is 8.22. The number of hydroxylamine groups is 1. The zero-order chi connectivity index (χ0) is 25.1. The maximum Gasteiger partial charge on any atom is 0.411 e. The van der Waals surface area contributed by atoms with Crippen LogP contribution < -0.4 is 15.5 Å². The van der Waals surface area contributed by atoms with Gasteiger partial charge in [-0.1, -0.05) is 18.2 Å². The van der Waals surface area contributed by atoms with Crippen LogP contribution in [0.1, 0.15) is 11.1 Å². The molecule has 0 bridgehead atoms. The summed E-state index contributed by atoms with van der Waals surface area (Å²) in [5.74, 6) is 0.0671. The molecule has 3 N–H and O–H groups in total. The van der Waals surface area contributed by atoms with E-state index >= 15 is 0 Å². The number of amides is 1. The SMILES string of the molecule is CNOC[C@@H](COC(=O)Cc1ccc(-c2ccc(NC(=O)OC)c(OC)c2)cc1CO)N(C)C. The second-order valence-corrected chi connectivity index (χ2v) is 7.67. The first-order chi connectivity index (χ1) is 16.3. The molecular formula is C24H33N3O7. The molecule has 2 aromatic rings. The first-order valence-corrected chi connectivity index (χ1v) is 10.7. The molecule has 1 atom stereocenters. The standard InChI is InChI=1S/C24H33N3O7/c1-25-34-15-20(27(2)3)14-33-23(29)12-18-7-6-16(10-19(18)13-28)17-8-9-21(22(11-17)31-4)26-24(30)32-5/h6-11,20,25,28H,12-15H2,1-5H3,(H,26,30)/t20-/m1/s1. The van der Waals surface area contributed by atoms with Gasteiger partial charge in [0, 0.05) is 7.05 Å². The van der Waals surface area contributed by atoms with Gasteiger partial charge in [0.1, 0.15) is 12.4 Å². The molecule has 0 saturated heterocycles. The molecular weight excluding hydrogens is 442 g/mol. The predicted octanol–water partition coefficient (Wildman–Crippen LogP) is 2.20. The summed E-state index contributed by atoms with van der Waals surface area (Å²) >= 11 is 0. The highest BCUT2D eigenvalue weighted by atomic mass is 16.6. The van der Waals surface area contributed by atoms with Crippen molar-refractivity contribution < 1.29 is 33.7 Å². The number of carbonyl (C=O) groups is 2. The average molecular weight is 476 g/mol. The molecule has 2 rings (SSSR count). The Morgan fingerprint density at radius 3 is 2.35 bits per heavy atom. The van der Waals surface area contributed by atoms with E-state index in [2.05, 4.69) is 15.5 Å². The third-order valence-electron chi connectivity index (χ3n) is 5.26. The number of benzene rings is 2. The molecule has 1 amide bonds. The van der Waals surface area contributed by atoms with Gasteiger partial charge in [-0.2, -0.15) is 0 Å². The Bertz CT molecular complexity index is 966. The van der Waals surface area contributed by atoms with Crippen LogP contribution in [0.15, 0.2) is 36.4 Å². The fourth-order valence-electron chi connectivity index (χ4n) is 3.18. The van der Waals surface area contributed by atoms with E-state index < -0.39 is 12.1 Å². The molecule has 0 aliphatic heterocycles. The van der Waals surface area contributed by atoms with Crippen LogP contribution in [0, 0.1) is 0 Å². The number of hydrogen-bond acceptors (Lipinski definition) is 9. The van der Waals surface area contributed by atoms with E-state index in [-0.39, 0.29) is 25.7 Å². The second kappa shape index (κ2) is 13.5. The maximum atomic E-state index is 12.4. The van der Waals surface area contributed by atoms with E-state index in [1.165, 1.54) is 14.2 Å². The highest BCUT2D eigenvalue weighted by Gasteiger charge is 2.17. The van der Waals surface area contributed by atoms with Crippen molar-refractivity contribution in [1.29, 1.82) is 0 Å². The van der Waals surface area contributed by atoms with Crippen molar-refractivity contribution in [2.24, 2.45) is 0 Å². The third kappa shape index (κ3) is 7.70. The molecule has 10 nitrogen and oxygen atoms in total. The summed E-state index contributed by atoms with van der Waals surface area (Å²) in [6.07, 6.45) is -0.564. The van der Waals surface area contributed by atoms with Crippen LogP contribution in [-0.4, -0.2) is 76.7 Å². The van der Waals surface area contributed by atoms with Gasteiger partial charge in [-0.25, -0.2) is 10.3 Å². The van der Waals surface area contributed by atoms with E-state index in [0.717, 1.165) is 11.1 Å². The highest BCUT2D eigenvalue weighted by molar-refractivity contribution is 5.87. The lowest BCUT2D eigenvalue weighted by atomic mass is 9.97. The van der Waals surface area contributed by atoms with Crippen molar-refractivity contribution in [1.82, 2.24) is 10.4 Å². The number of likely N-dealkylation sites (N-methyl/N-ethyl adjacent to an activating group) is 1. The number of nitrogens with one attached hydrogen (secondary N) is 2. The molecule has 2 aromatic carbocycles. The van der Waals surface area contributed by atoms with Gasteiger partial charge in [-0.15, -0.1) is 0 Å². The number of rotatable bonds is 12. The molecule has 0 unspecified atom stereocenters. The first kappa shape index (κ1) is 27.1. The molecule has 0 heterocycles. The lowest BCUT2D eigenvalue weighted by Gasteiger charge is -2.23. The van der Waals surface area contributed by atoms with E-state index in [9.17, 15) is 14.7 Å². The Morgan fingerprint density at radius 2 is 1.74 bits per heavy atom. The van der Waals surface area contributed by atoms with Crippen LogP contribution in [0.5, 0.6) is 5.75 Å². The average Bonchev–Trinajstić information content (AvgIpc) is 2.84. The number of aliphatic hydroxyl groups is 1. The fraction of sp³-hybridized carbons (Fsp3) is 0.417. The monoisotopic (exact) mass is 475 g/mol. The Kier molecular flexibility index (Phi) is 10.8. The number of esters is 1. The van der Waals surface area contributed by atoms with Crippen molar-refractivity contribution in [3.05, 3.63) is 47.5 Å². The van der Waals surface area contributed by atoms with E-state index in [0.29, 0.717) is 29.2 Å². The molecule has 0 saturated carbocycles. The molecule has 0 aliphatic rings. The van der Waals surface area contributed by atoms with Crippen LogP contribution >= 0.6 is 0 Å². The summed E-state index contributed by atoms with van der Waals surface area (Å²) in [5, 5.41) is 12.5. The van der Waals surface area contributed by atoms with Crippen molar-refractivity contribution in [3.63, 3.8) is 0 Å². The summed E-state index contributed by atoms with van der Waals surface area (Å²) in [6.45, 7) is 0.322. The molecule has 0 radical (unpaired) electrons. The molecule has 0 aliphatic carbocycles. The van der Waals surface area contributed by atoms with E-state index in [4.69, 9.17) is 14.3 Å². The zero-order valence-corrected chi connectivity index (χ0v) is 20.2. The topological polar surface area (TPSA) is 119 Å². The minimum absolute atomic E-state index is 0.0362. The van der Waals surface area contributed by atoms with Crippen LogP contribution in [0.2, 0.25) is 0 Å². The lowest BCUT2D eigenvalue weighted by Crippen LogP contribution is -2.38. The summed E-state index contributed by atoms with van der Waals surface area (Å²) in [4.78, 5) is 31.1. The molecule has 0 fully saturated rings. The van der Waals surface area contributed by atoms with Gasteiger partial charge in [-0.3, -0.25) is 10.1 Å². The Labute approximate surface area is 199 Å². The summed E-state index contributed by atoms with van der Waals surface area (Å²) in [5.41, 5.74) is 6.01. The molecule has 0 spiro atoms. The first-order valence-electron chi connectivity index (χ1n) is 10.7. The smallest absolute Gasteiger partial charge is 0.411 e. The quantitative estimate of drug-likeness (QED) is 0.314. The van der Waals surface area contributed by atoms with Crippen molar-refractivity contribution in [3.8, 4) is 16.9 Å². The van der Waals surface area contributed by atoms with Crippen LogP contribution in [0.25, 0.3) is 11.1 Å². The van der Waals surface area contributed by atoms with Gasteiger partial charge >= 0.3 is 12.1 Å². The summed E-state index contributed by atoms with van der Waals surface area (Å²) in [6, 6.07) is 10.7. The van der Waals surface area contributed by atoms with Gasteiger partial charge in [0.15, 0.2) is 0 Å². The number of ether oxygens (including phenoxy) is 3. The molecule has 0 aromatic heterocycles. The van der Waals surface area contributed by atoms with Gasteiger partial charge in [0.05, 0.1) is 45.6 Å². The third-order valence-corrected chi connectivity index (χ3v) is 5.26. The largest absolute Gasteiger partial charge is 0.495 e. The van der Waals surface area contributed by atoms with E-state index in [1.807, 2.05) is 37.2 Å². The second-order valence-electron chi connectivity index (χ2n) is 7.67.